The van der Waals surface area contributed by atoms with E-state index in [1.54, 1.807) is 24.3 Å². The van der Waals surface area contributed by atoms with E-state index in [1.165, 1.54) is 7.11 Å². The number of carbonyl (C=O) groups excluding carboxylic acids is 1. The summed E-state index contributed by atoms with van der Waals surface area (Å²) in [7, 11) is 1.37. The predicted octanol–water partition coefficient (Wildman–Crippen LogP) is 1.73. The van der Waals surface area contributed by atoms with Crippen LogP contribution in [0.4, 0.5) is 0 Å². The summed E-state index contributed by atoms with van der Waals surface area (Å²) >= 11 is 0. The Morgan fingerprint density at radius 3 is 2.53 bits per heavy atom. The van der Waals surface area contributed by atoms with Gasteiger partial charge in [-0.3, -0.25) is 0 Å². The zero-order valence-electron chi connectivity index (χ0n) is 9.89. The first-order valence-corrected chi connectivity index (χ1v) is 5.81. The van der Waals surface area contributed by atoms with Gasteiger partial charge in [0.1, 0.15) is 11.9 Å². The molecular formula is C13H17NO3. The van der Waals surface area contributed by atoms with Gasteiger partial charge in [-0.25, -0.2) is 4.79 Å². The van der Waals surface area contributed by atoms with E-state index in [0.717, 1.165) is 25.0 Å². The largest absolute Gasteiger partial charge is 0.489 e. The Kier molecular flexibility index (Phi) is 3.64. The van der Waals surface area contributed by atoms with Crippen molar-refractivity contribution in [3.8, 4) is 5.75 Å². The van der Waals surface area contributed by atoms with Gasteiger partial charge in [0.25, 0.3) is 0 Å². The number of methoxy groups -OCH3 is 1. The van der Waals surface area contributed by atoms with Gasteiger partial charge < -0.3 is 15.2 Å². The molecule has 0 heterocycles. The fraction of sp³-hybridized carbons (Fsp3) is 0.462. The summed E-state index contributed by atoms with van der Waals surface area (Å²) in [6.07, 6.45) is 3.23. The molecule has 1 saturated carbocycles. The molecule has 4 nitrogen and oxygen atoms in total. The van der Waals surface area contributed by atoms with Gasteiger partial charge in [0, 0.05) is 6.04 Å². The van der Waals surface area contributed by atoms with E-state index in [9.17, 15) is 4.79 Å². The zero-order valence-corrected chi connectivity index (χ0v) is 9.89. The average molecular weight is 235 g/mol. The lowest BCUT2D eigenvalue weighted by molar-refractivity contribution is 0.0600. The van der Waals surface area contributed by atoms with Crippen LogP contribution in [0, 0.1) is 0 Å². The highest BCUT2D eigenvalue weighted by atomic mass is 16.5. The average Bonchev–Trinajstić information content (AvgIpc) is 2.75. The lowest BCUT2D eigenvalue weighted by Crippen LogP contribution is -2.33. The highest BCUT2D eigenvalue weighted by molar-refractivity contribution is 5.89. The maximum absolute atomic E-state index is 11.2. The zero-order chi connectivity index (χ0) is 12.3. The van der Waals surface area contributed by atoms with Gasteiger partial charge >= 0.3 is 5.97 Å². The van der Waals surface area contributed by atoms with Crippen LogP contribution in [-0.4, -0.2) is 25.2 Å². The van der Waals surface area contributed by atoms with Gasteiger partial charge in [-0.1, -0.05) is 0 Å². The molecule has 0 radical (unpaired) electrons. The first-order chi connectivity index (χ1) is 8.20. The van der Waals surface area contributed by atoms with Crippen LogP contribution in [0.1, 0.15) is 29.6 Å². The van der Waals surface area contributed by atoms with E-state index in [2.05, 4.69) is 4.74 Å². The third kappa shape index (κ3) is 2.77. The van der Waals surface area contributed by atoms with Crippen LogP contribution in [0.15, 0.2) is 24.3 Å². The minimum Gasteiger partial charge on any atom is -0.489 e. The second-order valence-electron chi connectivity index (χ2n) is 4.27. The molecule has 1 aliphatic carbocycles. The summed E-state index contributed by atoms with van der Waals surface area (Å²) in [5.74, 6) is 0.411. The van der Waals surface area contributed by atoms with E-state index in [-0.39, 0.29) is 18.1 Å². The van der Waals surface area contributed by atoms with Crippen molar-refractivity contribution in [3.63, 3.8) is 0 Å². The number of hydrogen-bond donors (Lipinski definition) is 1. The molecule has 1 aromatic carbocycles. The number of ether oxygens (including phenoxy) is 2. The van der Waals surface area contributed by atoms with E-state index in [1.807, 2.05) is 0 Å². The minimum absolute atomic E-state index is 0.0963. The Morgan fingerprint density at radius 1 is 1.29 bits per heavy atom. The second kappa shape index (κ2) is 5.19. The van der Waals surface area contributed by atoms with Crippen molar-refractivity contribution in [2.75, 3.05) is 7.11 Å². The molecule has 2 unspecified atom stereocenters. The van der Waals surface area contributed by atoms with E-state index in [4.69, 9.17) is 10.5 Å². The first-order valence-electron chi connectivity index (χ1n) is 5.81. The second-order valence-corrected chi connectivity index (χ2v) is 4.27. The van der Waals surface area contributed by atoms with Crippen LogP contribution < -0.4 is 10.5 Å². The van der Waals surface area contributed by atoms with Crippen LogP contribution in [0.5, 0.6) is 5.75 Å². The normalized spacial score (nSPS) is 23.4. The maximum Gasteiger partial charge on any atom is 0.337 e. The molecule has 17 heavy (non-hydrogen) atoms. The fourth-order valence-corrected chi connectivity index (χ4v) is 2.06. The van der Waals surface area contributed by atoms with Crippen molar-refractivity contribution in [2.45, 2.75) is 31.4 Å². The molecule has 1 fully saturated rings. The maximum atomic E-state index is 11.2. The summed E-state index contributed by atoms with van der Waals surface area (Å²) in [6.45, 7) is 0. The lowest BCUT2D eigenvalue weighted by atomic mass is 10.2. The molecule has 0 bridgehead atoms. The first kappa shape index (κ1) is 11.9. The minimum atomic E-state index is -0.339. The van der Waals surface area contributed by atoms with E-state index in [0.29, 0.717) is 5.56 Å². The molecule has 0 aromatic heterocycles. The molecular weight excluding hydrogens is 218 g/mol. The van der Waals surface area contributed by atoms with E-state index >= 15 is 0 Å². The Hall–Kier alpha value is -1.55. The number of carbonyl (C=O) groups is 1. The van der Waals surface area contributed by atoms with Gasteiger partial charge in [-0.2, -0.15) is 0 Å². The molecule has 2 rings (SSSR count). The van der Waals surface area contributed by atoms with Crippen molar-refractivity contribution in [1.29, 1.82) is 0 Å². The molecule has 4 heteroatoms. The monoisotopic (exact) mass is 235 g/mol. The molecule has 1 aliphatic rings. The Balaban J connectivity index is 2.00. The van der Waals surface area contributed by atoms with Crippen LogP contribution in [0.25, 0.3) is 0 Å². The SMILES string of the molecule is COC(=O)c1ccc(OC2CCCC2N)cc1. The molecule has 0 aliphatic heterocycles. The molecule has 92 valence electrons. The standard InChI is InChI=1S/C13H17NO3/c1-16-13(15)9-5-7-10(8-6-9)17-12-4-2-3-11(12)14/h5-8,11-12H,2-4,14H2,1H3. The summed E-state index contributed by atoms with van der Waals surface area (Å²) < 4.78 is 10.4. The smallest absolute Gasteiger partial charge is 0.337 e. The van der Waals surface area contributed by atoms with Crippen molar-refractivity contribution in [1.82, 2.24) is 0 Å². The van der Waals surface area contributed by atoms with Gasteiger partial charge in [0.05, 0.1) is 12.7 Å². The summed E-state index contributed by atoms with van der Waals surface area (Å²) in [5.41, 5.74) is 6.45. The van der Waals surface area contributed by atoms with Gasteiger partial charge in [0.15, 0.2) is 0 Å². The van der Waals surface area contributed by atoms with Gasteiger partial charge in [-0.05, 0) is 43.5 Å². The van der Waals surface area contributed by atoms with Crippen LogP contribution >= 0.6 is 0 Å². The molecule has 1 aromatic rings. The summed E-state index contributed by atoms with van der Waals surface area (Å²) in [6, 6.07) is 7.06. The third-order valence-electron chi connectivity index (χ3n) is 3.07. The molecule has 0 saturated heterocycles. The summed E-state index contributed by atoms with van der Waals surface area (Å²) in [5, 5.41) is 0. The fourth-order valence-electron chi connectivity index (χ4n) is 2.06. The van der Waals surface area contributed by atoms with Crippen LogP contribution in [0.2, 0.25) is 0 Å². The van der Waals surface area contributed by atoms with Crippen molar-refractivity contribution < 1.29 is 14.3 Å². The number of rotatable bonds is 3. The number of esters is 1. The lowest BCUT2D eigenvalue weighted by Gasteiger charge is -2.17. The number of hydrogen-bond acceptors (Lipinski definition) is 4. The van der Waals surface area contributed by atoms with Crippen molar-refractivity contribution in [3.05, 3.63) is 29.8 Å². The molecule has 2 atom stereocenters. The number of nitrogens with two attached hydrogens (primary N) is 1. The topological polar surface area (TPSA) is 61.5 Å². The van der Waals surface area contributed by atoms with Crippen LogP contribution in [0.3, 0.4) is 0 Å². The Bertz CT molecular complexity index is 388. The highest BCUT2D eigenvalue weighted by Gasteiger charge is 2.25. The molecule has 2 N–H and O–H groups in total. The predicted molar refractivity (Wildman–Crippen MR) is 64.0 cm³/mol. The molecule has 0 amide bonds. The van der Waals surface area contributed by atoms with E-state index < -0.39 is 0 Å². The van der Waals surface area contributed by atoms with Crippen molar-refractivity contribution in [2.24, 2.45) is 5.73 Å². The van der Waals surface area contributed by atoms with Gasteiger partial charge in [0.2, 0.25) is 0 Å². The highest BCUT2D eigenvalue weighted by Crippen LogP contribution is 2.23. The third-order valence-corrected chi connectivity index (χ3v) is 3.07. The summed E-state index contributed by atoms with van der Waals surface area (Å²) in [4.78, 5) is 11.2. The Labute approximate surface area is 101 Å². The Morgan fingerprint density at radius 2 is 2.00 bits per heavy atom. The van der Waals surface area contributed by atoms with Crippen molar-refractivity contribution >= 4 is 5.97 Å². The molecule has 0 spiro atoms. The quantitative estimate of drug-likeness (QED) is 0.810. The van der Waals surface area contributed by atoms with Gasteiger partial charge in [-0.15, -0.1) is 0 Å². The van der Waals surface area contributed by atoms with Crippen LogP contribution in [-0.2, 0) is 4.74 Å². The number of benzene rings is 1.